The van der Waals surface area contributed by atoms with Gasteiger partial charge in [0.25, 0.3) is 5.91 Å². The minimum Gasteiger partial charge on any atom is -0.367 e. The number of ether oxygens (including phenoxy) is 2. The molecule has 1 amide bonds. The molecule has 0 saturated carbocycles. The molecule has 13 heteroatoms. The van der Waals surface area contributed by atoms with Crippen LogP contribution in [0.3, 0.4) is 0 Å². The van der Waals surface area contributed by atoms with Crippen LogP contribution in [0.2, 0.25) is 0 Å². The number of hydrogen-bond donors (Lipinski definition) is 0. The lowest BCUT2D eigenvalue weighted by Gasteiger charge is -2.52. The number of amides is 1. The van der Waals surface area contributed by atoms with Gasteiger partial charge in [0.1, 0.15) is 11.4 Å². The highest BCUT2D eigenvalue weighted by Crippen LogP contribution is 2.51. The summed E-state index contributed by atoms with van der Waals surface area (Å²) >= 11 is 3.61. The van der Waals surface area contributed by atoms with Gasteiger partial charge in [-0.15, -0.1) is 0 Å². The molecule has 11 nitrogen and oxygen atoms in total. The Balaban J connectivity index is 1.46. The summed E-state index contributed by atoms with van der Waals surface area (Å²) in [6.45, 7) is 6.33. The van der Waals surface area contributed by atoms with Crippen LogP contribution in [0.4, 0.5) is 5.82 Å². The van der Waals surface area contributed by atoms with Gasteiger partial charge in [0, 0.05) is 49.9 Å². The Bertz CT molecular complexity index is 1670. The molecule has 218 valence electrons. The minimum absolute atomic E-state index is 0.168. The molecule has 0 aliphatic carbocycles. The molecule has 1 atom stereocenters. The van der Waals surface area contributed by atoms with Crippen molar-refractivity contribution in [3.05, 3.63) is 62.5 Å². The lowest BCUT2D eigenvalue weighted by Crippen LogP contribution is -2.57. The molecule has 2 aromatic heterocycles. The molecular formula is C28H33BrN6O5S. The van der Waals surface area contributed by atoms with E-state index in [0.29, 0.717) is 49.9 Å². The topological polar surface area (TPSA) is 120 Å². The van der Waals surface area contributed by atoms with Crippen LogP contribution in [0, 0.1) is 0 Å². The summed E-state index contributed by atoms with van der Waals surface area (Å²) in [6.07, 6.45) is 2.19. The second-order valence-corrected chi connectivity index (χ2v) is 14.5. The van der Waals surface area contributed by atoms with Crippen LogP contribution in [0.1, 0.15) is 58.8 Å². The highest BCUT2D eigenvalue weighted by molar-refractivity contribution is 9.10. The fourth-order valence-electron chi connectivity index (χ4n) is 5.98. The molecule has 0 radical (unpaired) electrons. The molecule has 1 unspecified atom stereocenters. The lowest BCUT2D eigenvalue weighted by molar-refractivity contribution is -0.228. The van der Waals surface area contributed by atoms with E-state index in [0.717, 1.165) is 39.5 Å². The van der Waals surface area contributed by atoms with Gasteiger partial charge in [-0.2, -0.15) is 5.10 Å². The second-order valence-electron chi connectivity index (χ2n) is 11.6. The standard InChI is InChI=1S/C28H33BrN6O5S/c1-27(2)28(21-11-18(29)8-7-17(21)15-39-27)13-23-20(16-40-28)24(31-26(30-23)41(5,37)38)34-9-6-10-35-19(14-34)12-22(32-35)25(36)33(3)4/h7-8,11-12H,6,9-10,13-16H2,1-5H3. The van der Waals surface area contributed by atoms with Crippen molar-refractivity contribution < 1.29 is 22.7 Å². The van der Waals surface area contributed by atoms with Gasteiger partial charge in [-0.1, -0.05) is 22.0 Å². The summed E-state index contributed by atoms with van der Waals surface area (Å²) in [5.41, 5.74) is 3.07. The summed E-state index contributed by atoms with van der Waals surface area (Å²) in [5.74, 6) is 0.364. The monoisotopic (exact) mass is 644 g/mol. The molecule has 1 spiro atoms. The van der Waals surface area contributed by atoms with E-state index >= 15 is 0 Å². The van der Waals surface area contributed by atoms with E-state index in [1.54, 1.807) is 20.2 Å². The predicted molar refractivity (Wildman–Crippen MR) is 154 cm³/mol. The predicted octanol–water partition coefficient (Wildman–Crippen LogP) is 3.23. The molecule has 6 rings (SSSR count). The maximum atomic E-state index is 12.8. The summed E-state index contributed by atoms with van der Waals surface area (Å²) in [4.78, 5) is 25.3. The van der Waals surface area contributed by atoms with E-state index in [-0.39, 0.29) is 17.7 Å². The first-order valence-corrected chi connectivity index (χ1v) is 16.2. The number of rotatable bonds is 3. The van der Waals surface area contributed by atoms with E-state index in [2.05, 4.69) is 37.1 Å². The Hall–Kier alpha value is -2.87. The van der Waals surface area contributed by atoms with E-state index in [9.17, 15) is 13.2 Å². The van der Waals surface area contributed by atoms with Crippen molar-refractivity contribution in [3.63, 3.8) is 0 Å². The maximum absolute atomic E-state index is 12.8. The minimum atomic E-state index is -3.72. The smallest absolute Gasteiger partial charge is 0.273 e. The van der Waals surface area contributed by atoms with Crippen LogP contribution in [0.5, 0.6) is 0 Å². The summed E-state index contributed by atoms with van der Waals surface area (Å²) in [7, 11) is -0.326. The number of aryl methyl sites for hydroxylation is 1. The largest absolute Gasteiger partial charge is 0.367 e. The number of fused-ring (bicyclic) bond motifs is 4. The average Bonchev–Trinajstić information content (AvgIpc) is 3.20. The number of hydrogen-bond acceptors (Lipinski definition) is 9. The van der Waals surface area contributed by atoms with Crippen molar-refractivity contribution in [2.75, 3.05) is 31.8 Å². The highest BCUT2D eigenvalue weighted by atomic mass is 79.9. The van der Waals surface area contributed by atoms with E-state index < -0.39 is 21.0 Å². The van der Waals surface area contributed by atoms with Gasteiger partial charge in [-0.3, -0.25) is 9.48 Å². The summed E-state index contributed by atoms with van der Waals surface area (Å²) < 4.78 is 41.6. The molecule has 5 heterocycles. The van der Waals surface area contributed by atoms with Crippen LogP contribution in [0.25, 0.3) is 0 Å². The zero-order chi connectivity index (χ0) is 29.3. The van der Waals surface area contributed by atoms with Crippen molar-refractivity contribution in [1.29, 1.82) is 0 Å². The van der Waals surface area contributed by atoms with Gasteiger partial charge in [-0.25, -0.2) is 18.4 Å². The molecule has 0 fully saturated rings. The molecule has 1 aromatic carbocycles. The quantitative estimate of drug-likeness (QED) is 0.396. The van der Waals surface area contributed by atoms with Crippen LogP contribution in [-0.2, 0) is 57.6 Å². The molecule has 3 aromatic rings. The first-order valence-electron chi connectivity index (χ1n) is 13.5. The third-order valence-electron chi connectivity index (χ3n) is 8.27. The molecule has 0 bridgehead atoms. The SMILES string of the molecule is CN(C)C(=O)c1cc2n(n1)CCCN(c1nc(S(C)(=O)=O)nc3c1COC1(C3)c3cc(Br)ccc3COC1(C)C)C2. The molecular weight excluding hydrogens is 612 g/mol. The number of nitrogens with zero attached hydrogens (tertiary/aromatic N) is 6. The number of halogens is 1. The summed E-state index contributed by atoms with van der Waals surface area (Å²) in [6, 6.07) is 7.87. The van der Waals surface area contributed by atoms with E-state index in [1.165, 1.54) is 4.90 Å². The Labute approximate surface area is 247 Å². The van der Waals surface area contributed by atoms with E-state index in [4.69, 9.17) is 9.47 Å². The zero-order valence-corrected chi connectivity index (χ0v) is 26.2. The molecule has 0 saturated heterocycles. The first kappa shape index (κ1) is 28.3. The van der Waals surface area contributed by atoms with Crippen LogP contribution < -0.4 is 4.90 Å². The molecule has 3 aliphatic heterocycles. The van der Waals surface area contributed by atoms with Gasteiger partial charge >= 0.3 is 0 Å². The van der Waals surface area contributed by atoms with Gasteiger partial charge in [0.2, 0.25) is 15.0 Å². The number of carbonyl (C=O) groups is 1. The normalized spacial score (nSPS) is 21.6. The van der Waals surface area contributed by atoms with Crippen molar-refractivity contribution in [1.82, 2.24) is 24.6 Å². The van der Waals surface area contributed by atoms with Gasteiger partial charge in [0.05, 0.1) is 36.7 Å². The number of anilines is 1. The van der Waals surface area contributed by atoms with Gasteiger partial charge in [-0.05, 0) is 49.6 Å². The Morgan fingerprint density at radius 1 is 1.10 bits per heavy atom. The fraction of sp³-hybridized carbons (Fsp3) is 0.500. The zero-order valence-electron chi connectivity index (χ0n) is 23.8. The molecule has 41 heavy (non-hydrogen) atoms. The van der Waals surface area contributed by atoms with Crippen LogP contribution >= 0.6 is 15.9 Å². The Morgan fingerprint density at radius 2 is 1.88 bits per heavy atom. The number of aromatic nitrogens is 4. The maximum Gasteiger partial charge on any atom is 0.273 e. The average molecular weight is 646 g/mol. The number of benzene rings is 1. The number of carbonyl (C=O) groups excluding carboxylic acids is 1. The van der Waals surface area contributed by atoms with Crippen LogP contribution in [0.15, 0.2) is 33.9 Å². The summed E-state index contributed by atoms with van der Waals surface area (Å²) in [5, 5.41) is 4.32. The van der Waals surface area contributed by atoms with Gasteiger partial charge in [0.15, 0.2) is 5.69 Å². The second kappa shape index (κ2) is 9.85. The molecule has 0 N–H and O–H groups in total. The number of sulfone groups is 1. The van der Waals surface area contributed by atoms with Gasteiger partial charge < -0.3 is 19.3 Å². The van der Waals surface area contributed by atoms with Crippen molar-refractivity contribution >= 4 is 37.5 Å². The van der Waals surface area contributed by atoms with Crippen molar-refractivity contribution in [2.24, 2.45) is 0 Å². The fourth-order valence-corrected chi connectivity index (χ4v) is 6.87. The van der Waals surface area contributed by atoms with Crippen LogP contribution in [-0.4, -0.2) is 71.5 Å². The highest BCUT2D eigenvalue weighted by Gasteiger charge is 2.55. The third kappa shape index (κ3) is 4.76. The molecule has 3 aliphatic rings. The third-order valence-corrected chi connectivity index (χ3v) is 9.61. The van der Waals surface area contributed by atoms with Crippen molar-refractivity contribution in [2.45, 2.75) is 69.4 Å². The first-order chi connectivity index (χ1) is 19.3. The Morgan fingerprint density at radius 3 is 2.61 bits per heavy atom. The van der Waals surface area contributed by atoms with E-state index in [1.807, 2.05) is 35.6 Å². The Kier molecular flexibility index (Phi) is 6.79. The van der Waals surface area contributed by atoms with Crippen molar-refractivity contribution in [3.8, 4) is 0 Å². The lowest BCUT2D eigenvalue weighted by atomic mass is 9.71.